The molecule has 1 aromatic heterocycles. The number of benzene rings is 1. The lowest BCUT2D eigenvalue weighted by Gasteiger charge is -2.50. The van der Waals surface area contributed by atoms with Gasteiger partial charge in [-0.25, -0.2) is 9.37 Å². The number of nitrogens with zero attached hydrogens (tertiary/aromatic N) is 3. The van der Waals surface area contributed by atoms with Gasteiger partial charge in [-0.3, -0.25) is 9.69 Å². The van der Waals surface area contributed by atoms with Crippen LogP contribution in [0, 0.1) is 12.3 Å². The van der Waals surface area contributed by atoms with Crippen LogP contribution in [0.2, 0.25) is 0 Å². The molecule has 2 atom stereocenters. The van der Waals surface area contributed by atoms with E-state index in [0.29, 0.717) is 19.5 Å². The van der Waals surface area contributed by atoms with E-state index >= 15 is 0 Å². The van der Waals surface area contributed by atoms with Crippen molar-refractivity contribution in [1.82, 2.24) is 14.8 Å². The molecule has 1 aromatic carbocycles. The molecule has 0 unspecified atom stereocenters. The Bertz CT molecular complexity index is 797. The summed E-state index contributed by atoms with van der Waals surface area (Å²) in [5, 5.41) is 9.73. The fraction of sp³-hybridized carbons (Fsp3) is 0.500. The van der Waals surface area contributed by atoms with Crippen molar-refractivity contribution >= 4 is 17.2 Å². The summed E-state index contributed by atoms with van der Waals surface area (Å²) in [6.45, 7) is 4.15. The third-order valence-electron chi connectivity index (χ3n) is 5.61. The van der Waals surface area contributed by atoms with Crippen molar-refractivity contribution < 1.29 is 14.3 Å². The van der Waals surface area contributed by atoms with Gasteiger partial charge in [0.15, 0.2) is 0 Å². The number of aliphatic hydroxyl groups excluding tert-OH is 1. The molecule has 1 amide bonds. The van der Waals surface area contributed by atoms with Gasteiger partial charge in [0.2, 0.25) is 5.91 Å². The van der Waals surface area contributed by atoms with Crippen LogP contribution in [-0.2, 0) is 17.8 Å². The maximum absolute atomic E-state index is 13.8. The van der Waals surface area contributed by atoms with Crippen molar-refractivity contribution in [2.45, 2.75) is 32.2 Å². The first-order chi connectivity index (χ1) is 13.0. The number of hydrogen-bond acceptors (Lipinski definition) is 5. The summed E-state index contributed by atoms with van der Waals surface area (Å²) in [6.07, 6.45) is -1.79. The summed E-state index contributed by atoms with van der Waals surface area (Å²) in [6, 6.07) is 9.97. The molecule has 2 aliphatic heterocycles. The Morgan fingerprint density at radius 1 is 1.33 bits per heavy atom. The Morgan fingerprint density at radius 3 is 2.67 bits per heavy atom. The molecule has 0 aliphatic carbocycles. The van der Waals surface area contributed by atoms with Crippen LogP contribution in [0.15, 0.2) is 35.8 Å². The Hall–Kier alpha value is -1.83. The number of carbonyl (C=O) groups is 1. The number of β-amino-alcohol motifs (C(OH)–C–C–N with tert-alkyl or cyclic N) is 1. The molecule has 2 aliphatic rings. The summed E-state index contributed by atoms with van der Waals surface area (Å²) in [4.78, 5) is 22.5. The zero-order valence-corrected chi connectivity index (χ0v) is 16.2. The summed E-state index contributed by atoms with van der Waals surface area (Å²) in [5.41, 5.74) is 3.44. The first-order valence-electron chi connectivity index (χ1n) is 9.24. The van der Waals surface area contributed by atoms with Crippen LogP contribution in [0.4, 0.5) is 4.39 Å². The number of aryl methyl sites for hydroxylation is 1. The van der Waals surface area contributed by atoms with Gasteiger partial charge in [0, 0.05) is 31.1 Å². The predicted octanol–water partition coefficient (Wildman–Crippen LogP) is 2.04. The molecule has 0 radical (unpaired) electrons. The third kappa shape index (κ3) is 3.63. The van der Waals surface area contributed by atoms with Gasteiger partial charge in [-0.05, 0) is 18.9 Å². The monoisotopic (exact) mass is 389 g/mol. The molecule has 27 heavy (non-hydrogen) atoms. The minimum absolute atomic E-state index is 0.00943. The van der Waals surface area contributed by atoms with Crippen molar-refractivity contribution in [3.8, 4) is 0 Å². The minimum atomic E-state index is -1.35. The Morgan fingerprint density at radius 2 is 2.07 bits per heavy atom. The van der Waals surface area contributed by atoms with Gasteiger partial charge in [-0.2, -0.15) is 0 Å². The number of alkyl halides is 1. The SMILES string of the molecule is Cc1ncsc1CN1CC(Cc2ccccc2)(C(=O)N2C[C@@H](O)[C@H](F)C2)C1. The van der Waals surface area contributed by atoms with Gasteiger partial charge < -0.3 is 10.0 Å². The topological polar surface area (TPSA) is 56.7 Å². The van der Waals surface area contributed by atoms with Crippen LogP contribution in [0.25, 0.3) is 0 Å². The Balaban J connectivity index is 1.50. The van der Waals surface area contributed by atoms with Crippen LogP contribution in [-0.4, -0.2) is 64.3 Å². The number of aromatic nitrogens is 1. The maximum atomic E-state index is 13.8. The fourth-order valence-electron chi connectivity index (χ4n) is 4.16. The molecule has 3 heterocycles. The summed E-state index contributed by atoms with van der Waals surface area (Å²) < 4.78 is 13.8. The molecule has 1 N–H and O–H groups in total. The fourth-order valence-corrected chi connectivity index (χ4v) is 4.98. The number of amides is 1. The normalized spacial score (nSPS) is 24.8. The van der Waals surface area contributed by atoms with Gasteiger partial charge in [-0.1, -0.05) is 30.3 Å². The average molecular weight is 389 g/mol. The zero-order valence-electron chi connectivity index (χ0n) is 15.3. The van der Waals surface area contributed by atoms with E-state index in [2.05, 4.69) is 9.88 Å². The van der Waals surface area contributed by atoms with Gasteiger partial charge >= 0.3 is 0 Å². The lowest BCUT2D eigenvalue weighted by molar-refractivity contribution is -0.153. The highest BCUT2D eigenvalue weighted by Gasteiger charge is 2.52. The molecule has 0 spiro atoms. The van der Waals surface area contributed by atoms with Gasteiger partial charge in [0.1, 0.15) is 12.3 Å². The number of aliphatic hydroxyl groups is 1. The molecule has 0 saturated carbocycles. The number of rotatable bonds is 5. The lowest BCUT2D eigenvalue weighted by atomic mass is 9.73. The molecule has 2 aromatic rings. The summed E-state index contributed by atoms with van der Waals surface area (Å²) in [7, 11) is 0. The van der Waals surface area contributed by atoms with Crippen molar-refractivity contribution in [3.05, 3.63) is 52.0 Å². The number of hydrogen-bond donors (Lipinski definition) is 1. The number of likely N-dealkylation sites (tertiary alicyclic amines) is 2. The van der Waals surface area contributed by atoms with Crippen LogP contribution < -0.4 is 0 Å². The van der Waals surface area contributed by atoms with E-state index in [-0.39, 0.29) is 19.0 Å². The Labute approximate surface area is 162 Å². The molecule has 5 nitrogen and oxygen atoms in total. The second kappa shape index (κ2) is 7.30. The second-order valence-corrected chi connectivity index (χ2v) is 8.68. The number of thiazole rings is 1. The number of carbonyl (C=O) groups excluding carboxylic acids is 1. The van der Waals surface area contributed by atoms with Crippen molar-refractivity contribution in [3.63, 3.8) is 0 Å². The van der Waals surface area contributed by atoms with Crippen molar-refractivity contribution in [2.24, 2.45) is 5.41 Å². The predicted molar refractivity (Wildman–Crippen MR) is 102 cm³/mol. The van der Waals surface area contributed by atoms with E-state index in [0.717, 1.165) is 17.8 Å². The standard InChI is InChI=1S/C20H24FN3O2S/c1-14-18(27-13-22-14)10-23-11-20(12-23,7-15-5-3-2-4-6-15)19(26)24-8-16(21)17(25)9-24/h2-6,13,16-17,25H,7-12H2,1H3/t16-,17-/m1/s1. The molecule has 2 fully saturated rings. The summed E-state index contributed by atoms with van der Waals surface area (Å²) >= 11 is 1.63. The molecule has 4 rings (SSSR count). The van der Waals surface area contributed by atoms with Crippen molar-refractivity contribution in [2.75, 3.05) is 26.2 Å². The van der Waals surface area contributed by atoms with Crippen LogP contribution in [0.5, 0.6) is 0 Å². The van der Waals surface area contributed by atoms with E-state index in [1.165, 1.54) is 9.78 Å². The van der Waals surface area contributed by atoms with E-state index < -0.39 is 17.7 Å². The van der Waals surface area contributed by atoms with E-state index in [1.807, 2.05) is 42.8 Å². The quantitative estimate of drug-likeness (QED) is 0.850. The molecule has 7 heteroatoms. The lowest BCUT2D eigenvalue weighted by Crippen LogP contribution is -2.64. The van der Waals surface area contributed by atoms with E-state index in [4.69, 9.17) is 0 Å². The highest BCUT2D eigenvalue weighted by atomic mass is 32.1. The van der Waals surface area contributed by atoms with Crippen LogP contribution >= 0.6 is 11.3 Å². The smallest absolute Gasteiger partial charge is 0.231 e. The molecule has 0 bridgehead atoms. The third-order valence-corrected chi connectivity index (χ3v) is 6.53. The maximum Gasteiger partial charge on any atom is 0.231 e. The molecule has 144 valence electrons. The molecular formula is C20H24FN3O2S. The highest BCUT2D eigenvalue weighted by Crippen LogP contribution is 2.38. The zero-order chi connectivity index (χ0) is 19.0. The summed E-state index contributed by atoms with van der Waals surface area (Å²) in [5.74, 6) is -0.0390. The first kappa shape index (κ1) is 18.5. The van der Waals surface area contributed by atoms with Gasteiger partial charge in [0.25, 0.3) is 0 Å². The van der Waals surface area contributed by atoms with Gasteiger partial charge in [-0.15, -0.1) is 11.3 Å². The first-order valence-corrected chi connectivity index (χ1v) is 10.1. The second-order valence-electron chi connectivity index (χ2n) is 7.74. The minimum Gasteiger partial charge on any atom is -0.388 e. The molecular weight excluding hydrogens is 365 g/mol. The van der Waals surface area contributed by atoms with Crippen LogP contribution in [0.1, 0.15) is 16.1 Å². The largest absolute Gasteiger partial charge is 0.388 e. The van der Waals surface area contributed by atoms with Crippen molar-refractivity contribution in [1.29, 1.82) is 0 Å². The Kier molecular flexibility index (Phi) is 5.01. The molecule has 2 saturated heterocycles. The average Bonchev–Trinajstić information content (AvgIpc) is 3.18. The van der Waals surface area contributed by atoms with Gasteiger partial charge in [0.05, 0.1) is 23.2 Å². The van der Waals surface area contributed by atoms with Crippen LogP contribution in [0.3, 0.4) is 0 Å². The van der Waals surface area contributed by atoms with E-state index in [9.17, 15) is 14.3 Å². The van der Waals surface area contributed by atoms with E-state index in [1.54, 1.807) is 11.3 Å². The highest BCUT2D eigenvalue weighted by molar-refractivity contribution is 7.09. The number of halogens is 1.